The lowest BCUT2D eigenvalue weighted by Crippen LogP contribution is -2.31. The lowest BCUT2D eigenvalue weighted by molar-refractivity contribution is 0.0768. The molecule has 4 nitrogen and oxygen atoms in total. The molecule has 0 saturated carbocycles. The molecule has 1 atom stereocenters. The van der Waals surface area contributed by atoms with Crippen molar-refractivity contribution < 1.29 is 13.9 Å². The van der Waals surface area contributed by atoms with Crippen LogP contribution in [0, 0.1) is 5.82 Å². The summed E-state index contributed by atoms with van der Waals surface area (Å²) in [7, 11) is 0. The Morgan fingerprint density at radius 2 is 2.00 bits per heavy atom. The third-order valence-electron chi connectivity index (χ3n) is 3.49. The Hall–Kier alpha value is -2.43. The zero-order valence-corrected chi connectivity index (χ0v) is 11.4. The molecule has 1 aliphatic heterocycles. The van der Waals surface area contributed by atoms with Gasteiger partial charge in [0.1, 0.15) is 17.7 Å². The van der Waals surface area contributed by atoms with Crippen molar-refractivity contribution in [3.05, 3.63) is 60.2 Å². The van der Waals surface area contributed by atoms with Crippen LogP contribution >= 0.6 is 0 Å². The van der Waals surface area contributed by atoms with Crippen molar-refractivity contribution in [1.82, 2.24) is 9.88 Å². The van der Waals surface area contributed by atoms with Crippen molar-refractivity contribution in [3.63, 3.8) is 0 Å². The minimum atomic E-state index is -0.485. The van der Waals surface area contributed by atoms with Gasteiger partial charge in [-0.15, -0.1) is 0 Å². The third kappa shape index (κ3) is 3.02. The topological polar surface area (TPSA) is 42.4 Å². The molecule has 2 heterocycles. The number of carbonyl (C=O) groups excluding carboxylic acids is 1. The highest BCUT2D eigenvalue weighted by molar-refractivity contribution is 5.94. The van der Waals surface area contributed by atoms with Gasteiger partial charge in [0.05, 0.1) is 12.1 Å². The van der Waals surface area contributed by atoms with E-state index in [0.29, 0.717) is 13.1 Å². The molecule has 1 fully saturated rings. The largest absolute Gasteiger partial charge is 0.488 e. The molecule has 1 amide bonds. The minimum absolute atomic E-state index is 0.0666. The second-order valence-electron chi connectivity index (χ2n) is 4.94. The fraction of sp³-hybridized carbons (Fsp3) is 0.250. The Balaban J connectivity index is 1.65. The van der Waals surface area contributed by atoms with E-state index in [4.69, 9.17) is 4.74 Å². The first-order valence-electron chi connectivity index (χ1n) is 6.84. The molecule has 0 aliphatic carbocycles. The van der Waals surface area contributed by atoms with Gasteiger partial charge in [-0.1, -0.05) is 12.1 Å². The van der Waals surface area contributed by atoms with Gasteiger partial charge in [0.25, 0.3) is 5.91 Å². The second kappa shape index (κ2) is 5.91. The molecule has 21 heavy (non-hydrogen) atoms. The summed E-state index contributed by atoms with van der Waals surface area (Å²) in [6.07, 6.45) is 3.99. The van der Waals surface area contributed by atoms with Crippen molar-refractivity contribution in [2.75, 3.05) is 13.1 Å². The van der Waals surface area contributed by atoms with Gasteiger partial charge in [0.2, 0.25) is 0 Å². The van der Waals surface area contributed by atoms with Crippen molar-refractivity contribution in [3.8, 4) is 5.75 Å². The van der Waals surface area contributed by atoms with Crippen LogP contribution in [0.1, 0.15) is 16.8 Å². The number of nitrogens with zero attached hydrogens (tertiary/aromatic N) is 2. The number of benzene rings is 1. The predicted molar refractivity (Wildman–Crippen MR) is 75.6 cm³/mol. The van der Waals surface area contributed by atoms with Gasteiger partial charge in [-0.05, 0) is 24.3 Å². The molecular weight excluding hydrogens is 271 g/mol. The Bertz CT molecular complexity index is 633. The van der Waals surface area contributed by atoms with Gasteiger partial charge >= 0.3 is 0 Å². The second-order valence-corrected chi connectivity index (χ2v) is 4.94. The summed E-state index contributed by atoms with van der Waals surface area (Å²) in [5, 5.41) is 0. The summed E-state index contributed by atoms with van der Waals surface area (Å²) < 4.78 is 19.4. The van der Waals surface area contributed by atoms with Crippen LogP contribution < -0.4 is 4.74 Å². The zero-order chi connectivity index (χ0) is 14.7. The molecule has 0 radical (unpaired) electrons. The van der Waals surface area contributed by atoms with E-state index in [2.05, 4.69) is 4.98 Å². The number of carbonyl (C=O) groups is 1. The number of rotatable bonds is 3. The van der Waals surface area contributed by atoms with Crippen LogP contribution in [-0.2, 0) is 0 Å². The third-order valence-corrected chi connectivity index (χ3v) is 3.49. The number of amides is 1. The number of likely N-dealkylation sites (tertiary alicyclic amines) is 1. The molecule has 108 valence electrons. The molecular formula is C16H15FN2O2. The number of hydrogen-bond acceptors (Lipinski definition) is 3. The average molecular weight is 286 g/mol. The van der Waals surface area contributed by atoms with Gasteiger partial charge in [0.15, 0.2) is 0 Å². The summed E-state index contributed by atoms with van der Waals surface area (Å²) in [6.45, 7) is 1.04. The van der Waals surface area contributed by atoms with Gasteiger partial charge in [0, 0.05) is 25.4 Å². The smallest absolute Gasteiger partial charge is 0.256 e. The number of ether oxygens (including phenoxy) is 1. The first-order valence-corrected chi connectivity index (χ1v) is 6.84. The lowest BCUT2D eigenvalue weighted by atomic mass is 10.2. The van der Waals surface area contributed by atoms with Crippen LogP contribution in [0.4, 0.5) is 4.39 Å². The quantitative estimate of drug-likeness (QED) is 0.870. The Kier molecular flexibility index (Phi) is 3.81. The molecule has 0 bridgehead atoms. The highest BCUT2D eigenvalue weighted by Crippen LogP contribution is 2.20. The molecule has 0 N–H and O–H groups in total. The normalized spacial score (nSPS) is 17.8. The van der Waals surface area contributed by atoms with E-state index < -0.39 is 5.82 Å². The van der Waals surface area contributed by atoms with Crippen molar-refractivity contribution >= 4 is 5.91 Å². The Morgan fingerprint density at radius 3 is 2.76 bits per heavy atom. The van der Waals surface area contributed by atoms with Gasteiger partial charge in [-0.2, -0.15) is 0 Å². The Morgan fingerprint density at radius 1 is 1.24 bits per heavy atom. The summed E-state index contributed by atoms with van der Waals surface area (Å²) in [6, 6.07) is 9.61. The SMILES string of the molecule is O=C(c1ccccc1F)N1CCC(Oc2ccncc2)C1. The highest BCUT2D eigenvalue weighted by Gasteiger charge is 2.29. The van der Waals surface area contributed by atoms with E-state index in [1.165, 1.54) is 12.1 Å². The molecule has 1 aromatic heterocycles. The van der Waals surface area contributed by atoms with Crippen molar-refractivity contribution in [2.24, 2.45) is 0 Å². The van der Waals surface area contributed by atoms with Crippen LogP contribution in [0.3, 0.4) is 0 Å². The summed E-state index contributed by atoms with van der Waals surface area (Å²) in [5.74, 6) is -0.0369. The van der Waals surface area contributed by atoms with Crippen molar-refractivity contribution in [2.45, 2.75) is 12.5 Å². The van der Waals surface area contributed by atoms with E-state index >= 15 is 0 Å². The fourth-order valence-electron chi connectivity index (χ4n) is 2.42. The van der Waals surface area contributed by atoms with Crippen molar-refractivity contribution in [1.29, 1.82) is 0 Å². The molecule has 0 spiro atoms. The van der Waals surface area contributed by atoms with Gasteiger partial charge in [-0.3, -0.25) is 9.78 Å². The van der Waals surface area contributed by atoms with E-state index in [0.717, 1.165) is 12.2 Å². The molecule has 3 rings (SSSR count). The van der Waals surface area contributed by atoms with Crippen LogP contribution in [0.25, 0.3) is 0 Å². The minimum Gasteiger partial charge on any atom is -0.488 e. The monoisotopic (exact) mass is 286 g/mol. The molecule has 1 unspecified atom stereocenters. The number of hydrogen-bond donors (Lipinski definition) is 0. The zero-order valence-electron chi connectivity index (χ0n) is 11.4. The molecule has 2 aromatic rings. The molecule has 5 heteroatoms. The maximum absolute atomic E-state index is 13.7. The first-order chi connectivity index (χ1) is 10.2. The maximum Gasteiger partial charge on any atom is 0.256 e. The van der Waals surface area contributed by atoms with E-state index in [1.54, 1.807) is 41.6 Å². The fourth-order valence-corrected chi connectivity index (χ4v) is 2.42. The van der Waals surface area contributed by atoms with Crippen LogP contribution in [-0.4, -0.2) is 35.0 Å². The van der Waals surface area contributed by atoms with E-state index in [1.807, 2.05) is 0 Å². The predicted octanol–water partition coefficient (Wildman–Crippen LogP) is 2.51. The van der Waals surface area contributed by atoms with Gasteiger partial charge in [-0.25, -0.2) is 4.39 Å². The number of halogens is 1. The Labute approximate surface area is 122 Å². The molecule has 1 aromatic carbocycles. The first kappa shape index (κ1) is 13.5. The molecule has 1 aliphatic rings. The lowest BCUT2D eigenvalue weighted by Gasteiger charge is -2.17. The average Bonchev–Trinajstić information content (AvgIpc) is 2.97. The van der Waals surface area contributed by atoms with E-state index in [-0.39, 0.29) is 17.6 Å². The molecule has 1 saturated heterocycles. The van der Waals surface area contributed by atoms with Crippen LogP contribution in [0.15, 0.2) is 48.8 Å². The van der Waals surface area contributed by atoms with E-state index in [9.17, 15) is 9.18 Å². The van der Waals surface area contributed by atoms with Crippen LogP contribution in [0.2, 0.25) is 0 Å². The van der Waals surface area contributed by atoms with Crippen LogP contribution in [0.5, 0.6) is 5.75 Å². The standard InChI is InChI=1S/C16H15FN2O2/c17-15-4-2-1-3-14(15)16(20)19-10-7-13(11-19)21-12-5-8-18-9-6-12/h1-6,8-9,13H,7,10-11H2. The summed E-state index contributed by atoms with van der Waals surface area (Å²) in [4.78, 5) is 17.8. The summed E-state index contributed by atoms with van der Waals surface area (Å²) >= 11 is 0. The highest BCUT2D eigenvalue weighted by atomic mass is 19.1. The van der Waals surface area contributed by atoms with Gasteiger partial charge < -0.3 is 9.64 Å². The maximum atomic E-state index is 13.7. The summed E-state index contributed by atoms with van der Waals surface area (Å²) in [5.41, 5.74) is 0.113. The number of aromatic nitrogens is 1. The number of pyridine rings is 1.